The fourth-order valence-electron chi connectivity index (χ4n) is 2.67. The predicted molar refractivity (Wildman–Crippen MR) is 92.9 cm³/mol. The topological polar surface area (TPSA) is 28.2 Å². The van der Waals surface area contributed by atoms with Gasteiger partial charge in [-0.25, -0.2) is 0 Å². The molecule has 1 N–H and O–H groups in total. The molecule has 3 rings (SSSR count). The van der Waals surface area contributed by atoms with Crippen LogP contribution in [-0.4, -0.2) is 24.0 Å². The number of aromatic nitrogens is 1. The standard InChI is InChI=1S/C19H21N3/c1-22(2)14-16-8-4-3-7-15(16)13-21-19-11-12-20-18-10-6-5-9-17(18)19/h3-12H,13-14H2,1-2H3,(H,20,21). The summed E-state index contributed by atoms with van der Waals surface area (Å²) in [5.74, 6) is 0. The Morgan fingerprint density at radius 2 is 1.64 bits per heavy atom. The van der Waals surface area contributed by atoms with E-state index in [4.69, 9.17) is 0 Å². The number of rotatable bonds is 5. The van der Waals surface area contributed by atoms with Gasteiger partial charge in [-0.15, -0.1) is 0 Å². The molecule has 0 saturated carbocycles. The van der Waals surface area contributed by atoms with Crippen LogP contribution < -0.4 is 5.32 Å². The third-order valence-corrected chi connectivity index (χ3v) is 3.72. The first kappa shape index (κ1) is 14.5. The molecule has 0 bridgehead atoms. The van der Waals surface area contributed by atoms with E-state index in [2.05, 4.69) is 65.7 Å². The highest BCUT2D eigenvalue weighted by molar-refractivity contribution is 5.90. The second-order valence-corrected chi connectivity index (χ2v) is 5.74. The molecular formula is C19H21N3. The minimum absolute atomic E-state index is 0.817. The summed E-state index contributed by atoms with van der Waals surface area (Å²) in [4.78, 5) is 6.60. The number of nitrogens with one attached hydrogen (secondary N) is 1. The Kier molecular flexibility index (Phi) is 4.35. The summed E-state index contributed by atoms with van der Waals surface area (Å²) in [6, 6.07) is 18.8. The molecule has 1 heterocycles. The van der Waals surface area contributed by atoms with Crippen LogP contribution in [0.25, 0.3) is 10.9 Å². The third kappa shape index (κ3) is 3.26. The van der Waals surface area contributed by atoms with Crippen LogP contribution in [-0.2, 0) is 13.1 Å². The molecule has 0 aliphatic heterocycles. The summed E-state index contributed by atoms with van der Waals surface area (Å²) in [6.07, 6.45) is 1.86. The summed E-state index contributed by atoms with van der Waals surface area (Å²) >= 11 is 0. The summed E-state index contributed by atoms with van der Waals surface area (Å²) in [5.41, 5.74) is 4.84. The fraction of sp³-hybridized carbons (Fsp3) is 0.211. The molecule has 0 saturated heterocycles. The predicted octanol–water partition coefficient (Wildman–Crippen LogP) is 3.91. The molecule has 3 aromatic rings. The smallest absolute Gasteiger partial charge is 0.0722 e. The van der Waals surface area contributed by atoms with Crippen molar-refractivity contribution >= 4 is 16.6 Å². The van der Waals surface area contributed by atoms with Crippen LogP contribution in [0.1, 0.15) is 11.1 Å². The van der Waals surface area contributed by atoms with Crippen LogP contribution >= 0.6 is 0 Å². The van der Waals surface area contributed by atoms with Crippen LogP contribution in [0.4, 0.5) is 5.69 Å². The van der Waals surface area contributed by atoms with E-state index in [1.54, 1.807) is 0 Å². The minimum Gasteiger partial charge on any atom is -0.380 e. The van der Waals surface area contributed by atoms with Gasteiger partial charge in [0.25, 0.3) is 0 Å². The highest BCUT2D eigenvalue weighted by atomic mass is 15.0. The highest BCUT2D eigenvalue weighted by Gasteiger charge is 2.05. The van der Waals surface area contributed by atoms with Gasteiger partial charge in [0, 0.05) is 30.4 Å². The van der Waals surface area contributed by atoms with Crippen LogP contribution in [0.2, 0.25) is 0 Å². The van der Waals surface area contributed by atoms with Crippen molar-refractivity contribution in [1.29, 1.82) is 0 Å². The normalized spacial score (nSPS) is 11.0. The van der Waals surface area contributed by atoms with E-state index in [0.29, 0.717) is 0 Å². The van der Waals surface area contributed by atoms with Gasteiger partial charge < -0.3 is 10.2 Å². The number of benzene rings is 2. The van der Waals surface area contributed by atoms with E-state index in [9.17, 15) is 0 Å². The lowest BCUT2D eigenvalue weighted by atomic mass is 10.1. The monoisotopic (exact) mass is 291 g/mol. The van der Waals surface area contributed by atoms with E-state index >= 15 is 0 Å². The van der Waals surface area contributed by atoms with Crippen LogP contribution in [0, 0.1) is 0 Å². The lowest BCUT2D eigenvalue weighted by molar-refractivity contribution is 0.401. The first-order valence-corrected chi connectivity index (χ1v) is 7.53. The van der Waals surface area contributed by atoms with Crippen LogP contribution in [0.3, 0.4) is 0 Å². The number of fused-ring (bicyclic) bond motifs is 1. The van der Waals surface area contributed by atoms with Crippen molar-refractivity contribution < 1.29 is 0 Å². The largest absolute Gasteiger partial charge is 0.380 e. The Bertz CT molecular complexity index is 760. The summed E-state index contributed by atoms with van der Waals surface area (Å²) in [6.45, 7) is 1.77. The van der Waals surface area contributed by atoms with E-state index in [0.717, 1.165) is 29.7 Å². The average molecular weight is 291 g/mol. The molecule has 3 nitrogen and oxygen atoms in total. The molecule has 3 heteroatoms. The molecule has 112 valence electrons. The Morgan fingerprint density at radius 3 is 2.45 bits per heavy atom. The second-order valence-electron chi connectivity index (χ2n) is 5.74. The number of pyridine rings is 1. The maximum atomic E-state index is 4.41. The van der Waals surface area contributed by atoms with Crippen molar-refractivity contribution in [2.45, 2.75) is 13.1 Å². The lowest BCUT2D eigenvalue weighted by Crippen LogP contribution is -2.13. The van der Waals surface area contributed by atoms with Gasteiger partial charge in [0.05, 0.1) is 5.52 Å². The van der Waals surface area contributed by atoms with E-state index < -0.39 is 0 Å². The van der Waals surface area contributed by atoms with Gasteiger partial charge in [-0.2, -0.15) is 0 Å². The zero-order valence-corrected chi connectivity index (χ0v) is 13.1. The van der Waals surface area contributed by atoms with Gasteiger partial charge in [0.15, 0.2) is 0 Å². The Hall–Kier alpha value is -2.39. The fourth-order valence-corrected chi connectivity index (χ4v) is 2.67. The molecule has 1 aromatic heterocycles. The van der Waals surface area contributed by atoms with Gasteiger partial charge in [-0.1, -0.05) is 42.5 Å². The van der Waals surface area contributed by atoms with Gasteiger partial charge >= 0.3 is 0 Å². The van der Waals surface area contributed by atoms with Crippen molar-refractivity contribution in [3.8, 4) is 0 Å². The quantitative estimate of drug-likeness (QED) is 0.772. The molecule has 0 spiro atoms. The molecule has 0 radical (unpaired) electrons. The highest BCUT2D eigenvalue weighted by Crippen LogP contribution is 2.22. The molecule has 0 amide bonds. The van der Waals surface area contributed by atoms with Crippen molar-refractivity contribution in [2.75, 3.05) is 19.4 Å². The van der Waals surface area contributed by atoms with Crippen molar-refractivity contribution in [3.63, 3.8) is 0 Å². The van der Waals surface area contributed by atoms with E-state index in [-0.39, 0.29) is 0 Å². The van der Waals surface area contributed by atoms with Gasteiger partial charge in [-0.3, -0.25) is 4.98 Å². The minimum atomic E-state index is 0.817. The molecule has 2 aromatic carbocycles. The van der Waals surface area contributed by atoms with Gasteiger partial charge in [0.2, 0.25) is 0 Å². The summed E-state index contributed by atoms with van der Waals surface area (Å²) in [5, 5.41) is 4.72. The molecule has 22 heavy (non-hydrogen) atoms. The van der Waals surface area contributed by atoms with E-state index in [1.807, 2.05) is 24.4 Å². The molecule has 0 atom stereocenters. The molecule has 0 aliphatic rings. The molecule has 0 unspecified atom stereocenters. The summed E-state index contributed by atoms with van der Waals surface area (Å²) in [7, 11) is 4.20. The number of nitrogens with zero attached hydrogens (tertiary/aromatic N) is 2. The first-order valence-electron chi connectivity index (χ1n) is 7.53. The average Bonchev–Trinajstić information content (AvgIpc) is 2.53. The third-order valence-electron chi connectivity index (χ3n) is 3.72. The zero-order valence-electron chi connectivity index (χ0n) is 13.1. The van der Waals surface area contributed by atoms with E-state index in [1.165, 1.54) is 11.1 Å². The SMILES string of the molecule is CN(C)Cc1ccccc1CNc1ccnc2ccccc12. The van der Waals surface area contributed by atoms with Crippen LogP contribution in [0.15, 0.2) is 60.8 Å². The first-order chi connectivity index (χ1) is 10.7. The lowest BCUT2D eigenvalue weighted by Gasteiger charge is -2.15. The zero-order chi connectivity index (χ0) is 15.4. The molecule has 0 aliphatic carbocycles. The number of anilines is 1. The van der Waals surface area contributed by atoms with Crippen molar-refractivity contribution in [3.05, 3.63) is 71.9 Å². The number of hydrogen-bond donors (Lipinski definition) is 1. The van der Waals surface area contributed by atoms with Crippen LogP contribution in [0.5, 0.6) is 0 Å². The Labute approximate surface area is 131 Å². The van der Waals surface area contributed by atoms with Crippen molar-refractivity contribution in [2.24, 2.45) is 0 Å². The number of hydrogen-bond acceptors (Lipinski definition) is 3. The molecular weight excluding hydrogens is 270 g/mol. The Balaban J connectivity index is 1.83. The maximum Gasteiger partial charge on any atom is 0.0722 e. The second kappa shape index (κ2) is 6.58. The molecule has 0 fully saturated rings. The Morgan fingerprint density at radius 1 is 0.909 bits per heavy atom. The van der Waals surface area contributed by atoms with Gasteiger partial charge in [-0.05, 0) is 37.4 Å². The maximum absolute atomic E-state index is 4.41. The number of para-hydroxylation sites is 1. The van der Waals surface area contributed by atoms with Gasteiger partial charge in [0.1, 0.15) is 0 Å². The van der Waals surface area contributed by atoms with Crippen molar-refractivity contribution in [1.82, 2.24) is 9.88 Å². The summed E-state index contributed by atoms with van der Waals surface area (Å²) < 4.78 is 0.